The molecule has 5 heteroatoms. The molecular weight excluding hydrogens is 250 g/mol. The van der Waals surface area contributed by atoms with Crippen LogP contribution in [0.5, 0.6) is 0 Å². The van der Waals surface area contributed by atoms with Crippen molar-refractivity contribution in [1.82, 2.24) is 0 Å². The standard InChI is InChI=1S/C13H15NO3S/c1-3-8(13(16)17)7-4-5-10-9(6-7)11(18-2)12(15)14-10/h4-6,8,11H,3H2,1-2H3,(H,14,15)(H,16,17). The first-order valence-electron chi connectivity index (χ1n) is 5.78. The molecule has 1 aromatic rings. The maximum absolute atomic E-state index is 11.7. The van der Waals surface area contributed by atoms with E-state index in [-0.39, 0.29) is 11.2 Å². The van der Waals surface area contributed by atoms with E-state index in [1.54, 1.807) is 12.1 Å². The molecule has 2 atom stereocenters. The zero-order valence-corrected chi connectivity index (χ0v) is 11.1. The minimum atomic E-state index is -0.824. The van der Waals surface area contributed by atoms with E-state index in [4.69, 9.17) is 5.11 Å². The number of hydrogen-bond acceptors (Lipinski definition) is 3. The van der Waals surface area contributed by atoms with Crippen LogP contribution in [0.3, 0.4) is 0 Å². The molecule has 0 spiro atoms. The van der Waals surface area contributed by atoms with Crippen LogP contribution in [-0.2, 0) is 9.59 Å². The number of anilines is 1. The van der Waals surface area contributed by atoms with Crippen LogP contribution in [-0.4, -0.2) is 23.2 Å². The number of rotatable bonds is 4. The van der Waals surface area contributed by atoms with Gasteiger partial charge in [0.15, 0.2) is 0 Å². The highest BCUT2D eigenvalue weighted by Crippen LogP contribution is 2.40. The molecule has 2 rings (SSSR count). The first-order valence-corrected chi connectivity index (χ1v) is 7.07. The highest BCUT2D eigenvalue weighted by molar-refractivity contribution is 7.99. The lowest BCUT2D eigenvalue weighted by atomic mass is 9.94. The van der Waals surface area contributed by atoms with E-state index in [0.717, 1.165) is 16.8 Å². The van der Waals surface area contributed by atoms with E-state index in [0.29, 0.717) is 6.42 Å². The molecule has 18 heavy (non-hydrogen) atoms. The first kappa shape index (κ1) is 13.0. The highest BCUT2D eigenvalue weighted by Gasteiger charge is 2.31. The van der Waals surface area contributed by atoms with Gasteiger partial charge in [0.05, 0.1) is 5.92 Å². The van der Waals surface area contributed by atoms with Gasteiger partial charge in [0, 0.05) is 5.69 Å². The van der Waals surface area contributed by atoms with Crippen molar-refractivity contribution in [3.05, 3.63) is 29.3 Å². The number of aliphatic carboxylic acids is 1. The number of benzene rings is 1. The Morgan fingerprint density at radius 1 is 1.56 bits per heavy atom. The van der Waals surface area contributed by atoms with Gasteiger partial charge in [0.2, 0.25) is 5.91 Å². The van der Waals surface area contributed by atoms with Gasteiger partial charge in [-0.1, -0.05) is 19.1 Å². The van der Waals surface area contributed by atoms with Gasteiger partial charge in [-0.15, -0.1) is 11.8 Å². The summed E-state index contributed by atoms with van der Waals surface area (Å²) in [6.45, 7) is 1.85. The Kier molecular flexibility index (Phi) is 3.61. The number of carboxylic acid groups (broad SMARTS) is 1. The summed E-state index contributed by atoms with van der Waals surface area (Å²) in [7, 11) is 0. The Morgan fingerprint density at radius 3 is 2.83 bits per heavy atom. The van der Waals surface area contributed by atoms with Crippen LogP contribution in [0.2, 0.25) is 0 Å². The molecule has 0 fully saturated rings. The maximum atomic E-state index is 11.7. The smallest absolute Gasteiger partial charge is 0.310 e. The molecule has 2 N–H and O–H groups in total. The van der Waals surface area contributed by atoms with Gasteiger partial charge in [-0.05, 0) is 29.9 Å². The number of fused-ring (bicyclic) bond motifs is 1. The largest absolute Gasteiger partial charge is 0.481 e. The average molecular weight is 265 g/mol. The number of thioether (sulfide) groups is 1. The van der Waals surface area contributed by atoms with E-state index in [1.165, 1.54) is 11.8 Å². The normalized spacial score (nSPS) is 19.2. The Labute approximate surface area is 110 Å². The van der Waals surface area contributed by atoms with Crippen molar-refractivity contribution in [2.75, 3.05) is 11.6 Å². The Morgan fingerprint density at radius 2 is 2.28 bits per heavy atom. The molecule has 0 radical (unpaired) electrons. The van der Waals surface area contributed by atoms with Crippen LogP contribution in [0, 0.1) is 0 Å². The number of hydrogen-bond donors (Lipinski definition) is 2. The lowest BCUT2D eigenvalue weighted by Gasteiger charge is -2.12. The quantitative estimate of drug-likeness (QED) is 0.878. The third-order valence-electron chi connectivity index (χ3n) is 3.20. The van der Waals surface area contributed by atoms with Gasteiger partial charge in [0.25, 0.3) is 0 Å². The van der Waals surface area contributed by atoms with Crippen LogP contribution in [0.15, 0.2) is 18.2 Å². The molecule has 0 saturated heterocycles. The molecule has 96 valence electrons. The van der Waals surface area contributed by atoms with Crippen LogP contribution >= 0.6 is 11.8 Å². The van der Waals surface area contributed by atoms with Crippen LogP contribution in [0.25, 0.3) is 0 Å². The van der Waals surface area contributed by atoms with E-state index >= 15 is 0 Å². The van der Waals surface area contributed by atoms with Crippen molar-refractivity contribution in [3.63, 3.8) is 0 Å². The van der Waals surface area contributed by atoms with Gasteiger partial charge in [-0.2, -0.15) is 0 Å². The van der Waals surface area contributed by atoms with Gasteiger partial charge in [0.1, 0.15) is 5.25 Å². The number of carbonyl (C=O) groups is 2. The van der Waals surface area contributed by atoms with Gasteiger partial charge < -0.3 is 10.4 Å². The second kappa shape index (κ2) is 5.02. The monoisotopic (exact) mass is 265 g/mol. The fourth-order valence-electron chi connectivity index (χ4n) is 2.26. The number of amides is 1. The molecule has 2 unspecified atom stereocenters. The van der Waals surface area contributed by atoms with Crippen LogP contribution in [0.4, 0.5) is 5.69 Å². The summed E-state index contributed by atoms with van der Waals surface area (Å²) in [5.74, 6) is -1.36. The summed E-state index contributed by atoms with van der Waals surface area (Å²) in [6.07, 6.45) is 2.42. The van der Waals surface area contributed by atoms with Crippen molar-refractivity contribution in [2.45, 2.75) is 24.5 Å². The second-order valence-electron chi connectivity index (χ2n) is 4.25. The van der Waals surface area contributed by atoms with Gasteiger partial charge in [-0.25, -0.2) is 0 Å². The Balaban J connectivity index is 2.41. The maximum Gasteiger partial charge on any atom is 0.310 e. The van der Waals surface area contributed by atoms with Crippen molar-refractivity contribution in [1.29, 1.82) is 0 Å². The van der Waals surface area contributed by atoms with Gasteiger partial charge in [-0.3, -0.25) is 9.59 Å². The Bertz CT molecular complexity index is 501. The van der Waals surface area contributed by atoms with E-state index in [9.17, 15) is 9.59 Å². The predicted octanol–water partition coefficient (Wildman–Crippen LogP) is 2.62. The highest BCUT2D eigenvalue weighted by atomic mass is 32.2. The van der Waals surface area contributed by atoms with Crippen molar-refractivity contribution in [2.24, 2.45) is 0 Å². The van der Waals surface area contributed by atoms with E-state index < -0.39 is 11.9 Å². The lowest BCUT2D eigenvalue weighted by molar-refractivity contribution is -0.138. The van der Waals surface area contributed by atoms with E-state index in [2.05, 4.69) is 5.32 Å². The summed E-state index contributed by atoms with van der Waals surface area (Å²) in [6, 6.07) is 5.42. The molecule has 4 nitrogen and oxygen atoms in total. The third kappa shape index (κ3) is 2.10. The van der Waals surface area contributed by atoms with Crippen LogP contribution in [0.1, 0.15) is 35.6 Å². The number of carboxylic acids is 1. The zero-order valence-electron chi connectivity index (χ0n) is 10.3. The Hall–Kier alpha value is -1.49. The SMILES string of the molecule is CCC(C(=O)O)c1ccc2c(c1)C(SC)C(=O)N2. The van der Waals surface area contributed by atoms with Crippen LogP contribution < -0.4 is 5.32 Å². The molecule has 1 aliphatic rings. The lowest BCUT2D eigenvalue weighted by Crippen LogP contribution is -2.10. The van der Waals surface area contributed by atoms with Crippen molar-refractivity contribution < 1.29 is 14.7 Å². The minimum Gasteiger partial charge on any atom is -0.481 e. The zero-order chi connectivity index (χ0) is 13.3. The number of nitrogens with one attached hydrogen (secondary N) is 1. The second-order valence-corrected chi connectivity index (χ2v) is 5.19. The molecule has 1 amide bonds. The topological polar surface area (TPSA) is 66.4 Å². The minimum absolute atomic E-state index is 0.0296. The molecule has 0 aliphatic carbocycles. The third-order valence-corrected chi connectivity index (χ3v) is 4.14. The molecule has 1 aromatic carbocycles. The predicted molar refractivity (Wildman–Crippen MR) is 72.0 cm³/mol. The fraction of sp³-hybridized carbons (Fsp3) is 0.385. The molecule has 1 heterocycles. The molecule has 0 aromatic heterocycles. The summed E-state index contributed by atoms with van der Waals surface area (Å²) >= 11 is 1.46. The summed E-state index contributed by atoms with van der Waals surface area (Å²) in [5, 5.41) is 11.7. The molecular formula is C13H15NO3S. The molecule has 0 saturated carbocycles. The average Bonchev–Trinajstić information content (AvgIpc) is 2.64. The van der Waals surface area contributed by atoms with Gasteiger partial charge >= 0.3 is 5.97 Å². The fourth-order valence-corrected chi connectivity index (χ4v) is 2.98. The molecule has 0 bridgehead atoms. The van der Waals surface area contributed by atoms with E-state index in [1.807, 2.05) is 19.2 Å². The number of carbonyl (C=O) groups excluding carboxylic acids is 1. The van der Waals surface area contributed by atoms with Crippen molar-refractivity contribution in [3.8, 4) is 0 Å². The van der Waals surface area contributed by atoms with Crippen molar-refractivity contribution >= 4 is 29.3 Å². The summed E-state index contributed by atoms with van der Waals surface area (Å²) in [4.78, 5) is 22.9. The summed E-state index contributed by atoms with van der Waals surface area (Å²) in [5.41, 5.74) is 2.45. The molecule has 1 aliphatic heterocycles. The summed E-state index contributed by atoms with van der Waals surface area (Å²) < 4.78 is 0. The first-order chi connectivity index (χ1) is 8.58.